The number of carboxylic acid groups (broad SMARTS) is 1. The van der Waals surface area contributed by atoms with Gasteiger partial charge in [-0.1, -0.05) is 24.3 Å². The van der Waals surface area contributed by atoms with Crippen molar-refractivity contribution in [2.45, 2.75) is 43.8 Å². The van der Waals surface area contributed by atoms with Gasteiger partial charge in [-0.05, 0) is 63.1 Å². The van der Waals surface area contributed by atoms with Crippen LogP contribution < -0.4 is 4.90 Å². The largest absolute Gasteiger partial charge is 0.478 e. The molecule has 2 aliphatic rings. The number of piperidine rings is 1. The van der Waals surface area contributed by atoms with Gasteiger partial charge >= 0.3 is 5.97 Å². The van der Waals surface area contributed by atoms with E-state index in [-0.39, 0.29) is 24.8 Å². The van der Waals surface area contributed by atoms with Crippen LogP contribution in [0.15, 0.2) is 54.6 Å². The zero-order chi connectivity index (χ0) is 17.4. The highest BCUT2D eigenvalue weighted by atomic mass is 35.5. The van der Waals surface area contributed by atoms with Crippen LogP contribution in [0.5, 0.6) is 0 Å². The van der Waals surface area contributed by atoms with Crippen LogP contribution in [0.2, 0.25) is 0 Å². The molecule has 0 saturated carbocycles. The van der Waals surface area contributed by atoms with Crippen molar-refractivity contribution >= 4 is 42.2 Å². The predicted molar refractivity (Wildman–Crippen MR) is 114 cm³/mol. The Labute approximate surface area is 173 Å². The third-order valence-electron chi connectivity index (χ3n) is 5.84. The van der Waals surface area contributed by atoms with Gasteiger partial charge in [0.25, 0.3) is 0 Å². The van der Waals surface area contributed by atoms with Gasteiger partial charge in [-0.15, -0.1) is 24.8 Å². The Hall–Kier alpha value is -1.75. The topological polar surface area (TPSA) is 43.8 Å². The molecule has 2 aliphatic heterocycles. The number of hydrogen-bond acceptors (Lipinski definition) is 3. The van der Waals surface area contributed by atoms with Crippen molar-refractivity contribution in [3.63, 3.8) is 0 Å². The van der Waals surface area contributed by atoms with Crippen LogP contribution in [-0.4, -0.2) is 41.1 Å². The van der Waals surface area contributed by atoms with Crippen LogP contribution in [0, 0.1) is 0 Å². The van der Waals surface area contributed by atoms with Gasteiger partial charge in [0.2, 0.25) is 0 Å². The van der Waals surface area contributed by atoms with Gasteiger partial charge in [0.1, 0.15) is 0 Å². The second-order valence-electron chi connectivity index (χ2n) is 7.24. The number of halogens is 2. The normalized spacial score (nSPS) is 23.8. The molecule has 0 amide bonds. The van der Waals surface area contributed by atoms with Gasteiger partial charge in [0, 0.05) is 29.5 Å². The second kappa shape index (κ2) is 8.96. The summed E-state index contributed by atoms with van der Waals surface area (Å²) in [5, 5.41) is 9.38. The molecule has 4 nitrogen and oxygen atoms in total. The van der Waals surface area contributed by atoms with E-state index < -0.39 is 5.97 Å². The summed E-state index contributed by atoms with van der Waals surface area (Å²) in [5.41, 5.74) is 2.45. The fourth-order valence-corrected chi connectivity index (χ4v) is 4.54. The molecular weight excluding hydrogens is 383 g/mol. The molecule has 6 heteroatoms. The maximum Gasteiger partial charge on any atom is 0.335 e. The maximum absolute atomic E-state index is 11.4. The Kier molecular flexibility index (Phi) is 7.15. The molecule has 4 rings (SSSR count). The Morgan fingerprint density at radius 1 is 0.963 bits per heavy atom. The average molecular weight is 409 g/mol. The van der Waals surface area contributed by atoms with Crippen molar-refractivity contribution in [2.75, 3.05) is 11.9 Å². The highest BCUT2D eigenvalue weighted by Gasteiger charge is 2.40. The number of aromatic carboxylic acids is 1. The first kappa shape index (κ1) is 21.5. The van der Waals surface area contributed by atoms with Gasteiger partial charge in [0.15, 0.2) is 0 Å². The minimum Gasteiger partial charge on any atom is -0.478 e. The minimum atomic E-state index is -0.877. The number of rotatable bonds is 4. The minimum absolute atomic E-state index is 0. The lowest BCUT2D eigenvalue weighted by Gasteiger charge is -2.43. The fraction of sp³-hybridized carbons (Fsp3) is 0.381. The van der Waals surface area contributed by atoms with E-state index in [0.717, 1.165) is 24.2 Å². The monoisotopic (exact) mass is 408 g/mol. The first-order chi connectivity index (χ1) is 12.1. The summed E-state index contributed by atoms with van der Waals surface area (Å²) in [6.07, 6.45) is 4.79. The summed E-state index contributed by atoms with van der Waals surface area (Å²) in [7, 11) is 2.25. The standard InChI is InChI=1S/C21H24N2O2.2ClH/c1-22-17-10-11-18(22)14-20(13-17)23(16-7-3-2-4-8-16)19-9-5-6-15(12-19)21(24)25;;/h2-9,12,17-18,20H,10-11,13-14H2,1H3,(H,24,25);2*1H/t17-,18+,20?;;. The third kappa shape index (κ3) is 4.23. The molecule has 0 aliphatic carbocycles. The summed E-state index contributed by atoms with van der Waals surface area (Å²) in [6, 6.07) is 19.4. The summed E-state index contributed by atoms with van der Waals surface area (Å²) >= 11 is 0. The van der Waals surface area contributed by atoms with E-state index in [2.05, 4.69) is 29.0 Å². The molecule has 27 heavy (non-hydrogen) atoms. The van der Waals surface area contributed by atoms with Gasteiger partial charge in [-0.25, -0.2) is 4.79 Å². The molecular formula is C21H26Cl2N2O2. The lowest BCUT2D eigenvalue weighted by Crippen LogP contribution is -2.47. The van der Waals surface area contributed by atoms with Gasteiger partial charge < -0.3 is 14.9 Å². The molecule has 2 aromatic carbocycles. The van der Waals surface area contributed by atoms with Gasteiger partial charge in [-0.2, -0.15) is 0 Å². The number of carbonyl (C=O) groups is 1. The molecule has 2 bridgehead atoms. The SMILES string of the molecule is CN1[C@@H]2CC[C@H]1CC(N(c1ccccc1)c1cccc(C(=O)O)c1)C2.Cl.Cl. The molecule has 2 heterocycles. The summed E-state index contributed by atoms with van der Waals surface area (Å²) < 4.78 is 0. The quantitative estimate of drug-likeness (QED) is 0.773. The molecule has 2 fully saturated rings. The first-order valence-corrected chi connectivity index (χ1v) is 9.03. The number of anilines is 2. The van der Waals surface area contributed by atoms with Crippen LogP contribution in [0.1, 0.15) is 36.0 Å². The first-order valence-electron chi connectivity index (χ1n) is 9.03. The fourth-order valence-electron chi connectivity index (χ4n) is 4.54. The number of hydrogen-bond donors (Lipinski definition) is 1. The van der Waals surface area contributed by atoms with Crippen molar-refractivity contribution in [1.82, 2.24) is 4.90 Å². The maximum atomic E-state index is 11.4. The van der Waals surface area contributed by atoms with Crippen molar-refractivity contribution in [3.8, 4) is 0 Å². The average Bonchev–Trinajstić information content (AvgIpc) is 2.84. The van der Waals surface area contributed by atoms with Gasteiger partial charge in [-0.3, -0.25) is 0 Å². The van der Waals surface area contributed by atoms with Crippen LogP contribution in [0.25, 0.3) is 0 Å². The number of nitrogens with zero attached hydrogens (tertiary/aromatic N) is 2. The summed E-state index contributed by atoms with van der Waals surface area (Å²) in [4.78, 5) is 16.3. The molecule has 2 saturated heterocycles. The zero-order valence-electron chi connectivity index (χ0n) is 15.3. The molecule has 3 atom stereocenters. The molecule has 0 spiro atoms. The van der Waals surface area contributed by atoms with Crippen LogP contribution in [0.4, 0.5) is 11.4 Å². The lowest BCUT2D eigenvalue weighted by molar-refractivity contribution is 0.0697. The lowest BCUT2D eigenvalue weighted by atomic mass is 9.95. The van der Waals surface area contributed by atoms with Crippen molar-refractivity contribution in [1.29, 1.82) is 0 Å². The van der Waals surface area contributed by atoms with E-state index in [0.29, 0.717) is 23.7 Å². The Morgan fingerprint density at radius 3 is 2.15 bits per heavy atom. The van der Waals surface area contributed by atoms with Crippen molar-refractivity contribution < 1.29 is 9.90 Å². The van der Waals surface area contributed by atoms with Crippen molar-refractivity contribution in [2.24, 2.45) is 0 Å². The molecule has 1 N–H and O–H groups in total. The van der Waals surface area contributed by atoms with E-state index in [9.17, 15) is 9.90 Å². The molecule has 0 radical (unpaired) electrons. The van der Waals surface area contributed by atoms with E-state index in [1.807, 2.05) is 30.3 Å². The molecule has 1 unspecified atom stereocenters. The van der Waals surface area contributed by atoms with Crippen LogP contribution in [-0.2, 0) is 0 Å². The van der Waals surface area contributed by atoms with E-state index in [1.54, 1.807) is 12.1 Å². The molecule has 0 aromatic heterocycles. The second-order valence-corrected chi connectivity index (χ2v) is 7.24. The highest BCUT2D eigenvalue weighted by molar-refractivity contribution is 5.89. The Bertz CT molecular complexity index is 758. The van der Waals surface area contributed by atoms with E-state index in [1.165, 1.54) is 12.8 Å². The third-order valence-corrected chi connectivity index (χ3v) is 5.84. The zero-order valence-corrected chi connectivity index (χ0v) is 17.0. The number of carboxylic acids is 1. The van der Waals surface area contributed by atoms with E-state index >= 15 is 0 Å². The number of para-hydroxylation sites is 1. The number of benzene rings is 2. The molecule has 2 aromatic rings. The smallest absolute Gasteiger partial charge is 0.335 e. The van der Waals surface area contributed by atoms with Crippen molar-refractivity contribution in [3.05, 3.63) is 60.2 Å². The molecule has 146 valence electrons. The van der Waals surface area contributed by atoms with Crippen LogP contribution in [0.3, 0.4) is 0 Å². The Morgan fingerprint density at radius 2 is 1.56 bits per heavy atom. The predicted octanol–water partition coefficient (Wildman–Crippen LogP) is 4.99. The number of fused-ring (bicyclic) bond motifs is 2. The summed E-state index contributed by atoms with van der Waals surface area (Å²) in [5.74, 6) is -0.877. The summed E-state index contributed by atoms with van der Waals surface area (Å²) in [6.45, 7) is 0. The van der Waals surface area contributed by atoms with Gasteiger partial charge in [0.05, 0.1) is 5.56 Å². The van der Waals surface area contributed by atoms with Crippen LogP contribution >= 0.6 is 24.8 Å². The highest BCUT2D eigenvalue weighted by Crippen LogP contribution is 2.40. The van der Waals surface area contributed by atoms with E-state index in [4.69, 9.17) is 0 Å². The Balaban J connectivity index is 0.00000131.